The SMILES string of the molecule is Cc1c(N)sc2c(Cl)cccc12. The molecule has 2 N–H and O–H groups in total. The monoisotopic (exact) mass is 197 g/mol. The van der Waals surface area contributed by atoms with E-state index in [-0.39, 0.29) is 0 Å². The van der Waals surface area contributed by atoms with Gasteiger partial charge in [-0.15, -0.1) is 11.3 Å². The second kappa shape index (κ2) is 2.64. The minimum Gasteiger partial charge on any atom is -0.390 e. The Balaban J connectivity index is 2.95. The molecule has 0 aliphatic rings. The first-order valence-corrected chi connectivity index (χ1v) is 4.82. The first-order chi connectivity index (χ1) is 5.70. The molecule has 0 aliphatic carbocycles. The smallest absolute Gasteiger partial charge is 0.0899 e. The molecular formula is C9H8ClNS. The first-order valence-electron chi connectivity index (χ1n) is 3.63. The molecule has 0 bridgehead atoms. The first kappa shape index (κ1) is 7.90. The van der Waals surface area contributed by atoms with E-state index in [1.807, 2.05) is 25.1 Å². The quantitative estimate of drug-likeness (QED) is 0.688. The van der Waals surface area contributed by atoms with E-state index in [9.17, 15) is 0 Å². The lowest BCUT2D eigenvalue weighted by Crippen LogP contribution is -1.79. The molecule has 1 aromatic heterocycles. The second-order valence-electron chi connectivity index (χ2n) is 2.71. The molecule has 0 atom stereocenters. The summed E-state index contributed by atoms with van der Waals surface area (Å²) in [5.41, 5.74) is 6.92. The van der Waals surface area contributed by atoms with Crippen LogP contribution < -0.4 is 5.73 Å². The molecule has 0 radical (unpaired) electrons. The Kier molecular flexibility index (Phi) is 1.74. The average molecular weight is 198 g/mol. The van der Waals surface area contributed by atoms with Gasteiger partial charge in [-0.25, -0.2) is 0 Å². The summed E-state index contributed by atoms with van der Waals surface area (Å²) in [5.74, 6) is 0. The van der Waals surface area contributed by atoms with Crippen LogP contribution in [0.3, 0.4) is 0 Å². The van der Waals surface area contributed by atoms with Crippen molar-refractivity contribution in [3.8, 4) is 0 Å². The summed E-state index contributed by atoms with van der Waals surface area (Å²) in [5, 5.41) is 2.82. The van der Waals surface area contributed by atoms with E-state index in [4.69, 9.17) is 17.3 Å². The van der Waals surface area contributed by atoms with Crippen molar-refractivity contribution in [2.75, 3.05) is 5.73 Å². The molecule has 1 aromatic carbocycles. The van der Waals surface area contributed by atoms with Crippen LogP contribution in [0, 0.1) is 6.92 Å². The maximum Gasteiger partial charge on any atom is 0.0899 e. The molecule has 0 unspecified atom stereocenters. The highest BCUT2D eigenvalue weighted by molar-refractivity contribution is 7.23. The zero-order chi connectivity index (χ0) is 8.72. The zero-order valence-corrected chi connectivity index (χ0v) is 8.17. The van der Waals surface area contributed by atoms with Gasteiger partial charge in [0, 0.05) is 0 Å². The van der Waals surface area contributed by atoms with Gasteiger partial charge in [-0.3, -0.25) is 0 Å². The molecule has 3 heteroatoms. The summed E-state index contributed by atoms with van der Waals surface area (Å²) in [6.45, 7) is 2.02. The molecule has 62 valence electrons. The summed E-state index contributed by atoms with van der Waals surface area (Å²) < 4.78 is 1.09. The summed E-state index contributed by atoms with van der Waals surface area (Å²) in [6, 6.07) is 5.88. The van der Waals surface area contributed by atoms with Crippen molar-refractivity contribution in [1.29, 1.82) is 0 Å². The molecule has 0 saturated heterocycles. The van der Waals surface area contributed by atoms with Gasteiger partial charge in [-0.2, -0.15) is 0 Å². The average Bonchev–Trinajstić information content (AvgIpc) is 2.32. The summed E-state index contributed by atoms with van der Waals surface area (Å²) >= 11 is 7.55. The van der Waals surface area contributed by atoms with Crippen LogP contribution in [0.15, 0.2) is 18.2 Å². The summed E-state index contributed by atoms with van der Waals surface area (Å²) in [7, 11) is 0. The van der Waals surface area contributed by atoms with Crippen molar-refractivity contribution in [2.45, 2.75) is 6.92 Å². The molecule has 1 nitrogen and oxygen atoms in total. The van der Waals surface area contributed by atoms with Crippen LogP contribution in [0.4, 0.5) is 5.00 Å². The molecule has 2 rings (SSSR count). The number of halogens is 1. The highest BCUT2D eigenvalue weighted by Crippen LogP contribution is 2.36. The number of rotatable bonds is 0. The normalized spacial score (nSPS) is 10.8. The van der Waals surface area contributed by atoms with E-state index in [2.05, 4.69) is 0 Å². The van der Waals surface area contributed by atoms with E-state index in [0.29, 0.717) is 0 Å². The number of nitrogen functional groups attached to an aromatic ring is 1. The number of benzene rings is 1. The van der Waals surface area contributed by atoms with Crippen LogP contribution >= 0.6 is 22.9 Å². The van der Waals surface area contributed by atoms with Crippen LogP contribution in [-0.4, -0.2) is 0 Å². The van der Waals surface area contributed by atoms with E-state index in [0.717, 1.165) is 20.3 Å². The predicted molar refractivity (Wildman–Crippen MR) is 56.0 cm³/mol. The fraction of sp³-hybridized carbons (Fsp3) is 0.111. The van der Waals surface area contributed by atoms with Crippen LogP contribution in [-0.2, 0) is 0 Å². The van der Waals surface area contributed by atoms with Gasteiger partial charge in [0.2, 0.25) is 0 Å². The maximum atomic E-state index is 6.00. The third kappa shape index (κ3) is 0.993. The van der Waals surface area contributed by atoms with Gasteiger partial charge >= 0.3 is 0 Å². The van der Waals surface area contributed by atoms with Crippen molar-refractivity contribution in [3.05, 3.63) is 28.8 Å². The lowest BCUT2D eigenvalue weighted by Gasteiger charge is -1.92. The van der Waals surface area contributed by atoms with Gasteiger partial charge in [0.1, 0.15) is 0 Å². The van der Waals surface area contributed by atoms with Gasteiger partial charge in [-0.05, 0) is 23.9 Å². The fourth-order valence-corrected chi connectivity index (χ4v) is 2.50. The van der Waals surface area contributed by atoms with Crippen LogP contribution in [0.2, 0.25) is 5.02 Å². The third-order valence-corrected chi connectivity index (χ3v) is 3.55. The Morgan fingerprint density at radius 3 is 2.83 bits per heavy atom. The Hall–Kier alpha value is -0.730. The highest BCUT2D eigenvalue weighted by atomic mass is 35.5. The van der Waals surface area contributed by atoms with E-state index < -0.39 is 0 Å². The second-order valence-corrected chi connectivity index (χ2v) is 4.17. The lowest BCUT2D eigenvalue weighted by atomic mass is 10.2. The van der Waals surface area contributed by atoms with Crippen LogP contribution in [0.5, 0.6) is 0 Å². The van der Waals surface area contributed by atoms with Gasteiger partial charge in [0.25, 0.3) is 0 Å². The van der Waals surface area contributed by atoms with Gasteiger partial charge in [-0.1, -0.05) is 23.7 Å². The number of hydrogen-bond acceptors (Lipinski definition) is 2. The van der Waals surface area contributed by atoms with Crippen LogP contribution in [0.25, 0.3) is 10.1 Å². The van der Waals surface area contributed by atoms with Gasteiger partial charge in [0.05, 0.1) is 14.7 Å². The highest BCUT2D eigenvalue weighted by Gasteiger charge is 2.06. The number of anilines is 1. The minimum atomic E-state index is 0.789. The van der Waals surface area contributed by atoms with Crippen molar-refractivity contribution < 1.29 is 0 Å². The fourth-order valence-electron chi connectivity index (χ4n) is 1.23. The molecule has 1 heterocycles. The van der Waals surface area contributed by atoms with E-state index in [1.54, 1.807) is 11.3 Å². The molecule has 0 fully saturated rings. The number of aryl methyl sites for hydroxylation is 1. The standard InChI is InChI=1S/C9H8ClNS/c1-5-6-3-2-4-7(10)8(6)12-9(5)11/h2-4H,11H2,1H3. The molecule has 0 aliphatic heterocycles. The Labute approximate surface area is 79.8 Å². The van der Waals surface area contributed by atoms with Crippen molar-refractivity contribution in [1.82, 2.24) is 0 Å². The topological polar surface area (TPSA) is 26.0 Å². The molecule has 12 heavy (non-hydrogen) atoms. The Morgan fingerprint density at radius 1 is 1.42 bits per heavy atom. The van der Waals surface area contributed by atoms with Crippen molar-refractivity contribution in [3.63, 3.8) is 0 Å². The number of nitrogens with two attached hydrogens (primary N) is 1. The molecule has 0 saturated carbocycles. The molecule has 0 amide bonds. The number of fused-ring (bicyclic) bond motifs is 1. The Morgan fingerprint density at radius 2 is 2.17 bits per heavy atom. The number of thiophene rings is 1. The molecule has 2 aromatic rings. The molecule has 0 spiro atoms. The summed E-state index contributed by atoms with van der Waals surface area (Å²) in [6.07, 6.45) is 0. The largest absolute Gasteiger partial charge is 0.390 e. The maximum absolute atomic E-state index is 6.00. The number of hydrogen-bond donors (Lipinski definition) is 1. The van der Waals surface area contributed by atoms with Gasteiger partial charge < -0.3 is 5.73 Å². The summed E-state index contributed by atoms with van der Waals surface area (Å²) in [4.78, 5) is 0. The lowest BCUT2D eigenvalue weighted by molar-refractivity contribution is 1.59. The van der Waals surface area contributed by atoms with Gasteiger partial charge in [0.15, 0.2) is 0 Å². The van der Waals surface area contributed by atoms with Crippen molar-refractivity contribution >= 4 is 38.0 Å². The minimum absolute atomic E-state index is 0.789. The zero-order valence-electron chi connectivity index (χ0n) is 6.60. The molecular weight excluding hydrogens is 190 g/mol. The van der Waals surface area contributed by atoms with Crippen molar-refractivity contribution in [2.24, 2.45) is 0 Å². The Bertz CT molecular complexity index is 433. The van der Waals surface area contributed by atoms with E-state index in [1.165, 1.54) is 5.39 Å². The third-order valence-electron chi connectivity index (χ3n) is 1.95. The van der Waals surface area contributed by atoms with Crippen LogP contribution in [0.1, 0.15) is 5.56 Å². The van der Waals surface area contributed by atoms with E-state index >= 15 is 0 Å². The predicted octanol–water partition coefficient (Wildman–Crippen LogP) is 3.45.